The lowest BCUT2D eigenvalue weighted by atomic mass is 10.1. The molecule has 0 saturated heterocycles. The fourth-order valence-corrected chi connectivity index (χ4v) is 5.20. The van der Waals surface area contributed by atoms with Crippen LogP contribution in [0.4, 0.5) is 5.69 Å². The molecule has 1 amide bonds. The Bertz CT molecular complexity index is 1340. The first-order valence-electron chi connectivity index (χ1n) is 12.4. The number of thiazole rings is 1. The quantitative estimate of drug-likeness (QED) is 0.242. The number of amides is 1. The van der Waals surface area contributed by atoms with Crippen molar-refractivity contribution in [2.45, 2.75) is 39.2 Å². The van der Waals surface area contributed by atoms with Crippen LogP contribution in [-0.2, 0) is 11.2 Å². The first-order chi connectivity index (χ1) is 17.6. The summed E-state index contributed by atoms with van der Waals surface area (Å²) in [4.78, 5) is 19.8. The van der Waals surface area contributed by atoms with Gasteiger partial charge in [0.2, 0.25) is 0 Å². The minimum absolute atomic E-state index is 0.0116. The van der Waals surface area contributed by atoms with E-state index in [1.165, 1.54) is 5.56 Å². The van der Waals surface area contributed by atoms with Crippen LogP contribution in [0, 0.1) is 6.92 Å². The van der Waals surface area contributed by atoms with E-state index in [0.29, 0.717) is 13.2 Å². The maximum absolute atomic E-state index is 13.0. The van der Waals surface area contributed by atoms with Crippen molar-refractivity contribution in [2.24, 2.45) is 0 Å². The number of anilines is 1. The maximum atomic E-state index is 13.0. The maximum Gasteiger partial charge on any atom is 0.267 e. The number of ether oxygens (including phenoxy) is 2. The molecular weight excluding hydrogens is 468 g/mol. The van der Waals surface area contributed by atoms with E-state index in [-0.39, 0.29) is 5.91 Å². The van der Waals surface area contributed by atoms with Gasteiger partial charge >= 0.3 is 0 Å². The number of fused-ring (bicyclic) bond motifs is 1. The molecule has 0 aliphatic carbocycles. The molecule has 4 aromatic rings. The van der Waals surface area contributed by atoms with Gasteiger partial charge in [-0.05, 0) is 62.1 Å². The van der Waals surface area contributed by atoms with Crippen molar-refractivity contribution in [2.75, 3.05) is 18.1 Å². The molecule has 0 bridgehead atoms. The molecule has 1 atom stereocenters. The second kappa shape index (κ2) is 11.0. The summed E-state index contributed by atoms with van der Waals surface area (Å²) in [5.41, 5.74) is 5.10. The van der Waals surface area contributed by atoms with E-state index in [0.717, 1.165) is 58.3 Å². The molecule has 2 heterocycles. The molecule has 36 heavy (non-hydrogen) atoms. The minimum Gasteiger partial charge on any atom is -0.493 e. The Labute approximate surface area is 216 Å². The van der Waals surface area contributed by atoms with Crippen LogP contribution in [0.2, 0.25) is 0 Å². The summed E-state index contributed by atoms with van der Waals surface area (Å²) in [6.07, 6.45) is 2.01. The number of unbranched alkanes of at least 4 members (excludes halogenated alkanes) is 1. The Balaban J connectivity index is 1.27. The van der Waals surface area contributed by atoms with Crippen LogP contribution in [0.15, 0.2) is 78.2 Å². The number of hydrogen-bond donors (Lipinski definition) is 0. The highest BCUT2D eigenvalue weighted by Crippen LogP contribution is 2.38. The lowest BCUT2D eigenvalue weighted by molar-refractivity contribution is -0.125. The van der Waals surface area contributed by atoms with Crippen molar-refractivity contribution < 1.29 is 14.3 Å². The molecule has 5 rings (SSSR count). The Morgan fingerprint density at radius 3 is 2.67 bits per heavy atom. The van der Waals surface area contributed by atoms with Gasteiger partial charge in [0.15, 0.2) is 6.10 Å². The van der Waals surface area contributed by atoms with E-state index < -0.39 is 6.10 Å². The lowest BCUT2D eigenvalue weighted by Crippen LogP contribution is -2.45. The van der Waals surface area contributed by atoms with Crippen LogP contribution in [0.1, 0.15) is 35.9 Å². The summed E-state index contributed by atoms with van der Waals surface area (Å²) in [5, 5.41) is 3.15. The monoisotopic (exact) mass is 498 g/mol. The largest absolute Gasteiger partial charge is 0.493 e. The number of hydrogen-bond acceptors (Lipinski definition) is 5. The highest BCUT2D eigenvalue weighted by molar-refractivity contribution is 7.10. The zero-order valence-corrected chi connectivity index (χ0v) is 21.5. The van der Waals surface area contributed by atoms with Gasteiger partial charge in [-0.2, -0.15) is 0 Å². The molecule has 0 spiro atoms. The van der Waals surface area contributed by atoms with Crippen molar-refractivity contribution in [3.63, 3.8) is 0 Å². The van der Waals surface area contributed by atoms with Crippen LogP contribution in [0.5, 0.6) is 11.5 Å². The van der Waals surface area contributed by atoms with Gasteiger partial charge in [0.1, 0.15) is 11.5 Å². The Morgan fingerprint density at radius 1 is 1.03 bits per heavy atom. The molecule has 0 radical (unpaired) electrons. The van der Waals surface area contributed by atoms with E-state index in [2.05, 4.69) is 29.6 Å². The van der Waals surface area contributed by atoms with E-state index in [4.69, 9.17) is 14.5 Å². The fraction of sp³-hybridized carbons (Fsp3) is 0.267. The average molecular weight is 499 g/mol. The highest BCUT2D eigenvalue weighted by Gasteiger charge is 2.31. The van der Waals surface area contributed by atoms with Crippen LogP contribution in [0.3, 0.4) is 0 Å². The molecule has 3 aromatic carbocycles. The van der Waals surface area contributed by atoms with Gasteiger partial charge in [0, 0.05) is 23.9 Å². The number of benzene rings is 3. The van der Waals surface area contributed by atoms with Gasteiger partial charge in [-0.25, -0.2) is 4.98 Å². The third-order valence-electron chi connectivity index (χ3n) is 6.34. The molecule has 1 unspecified atom stereocenters. The number of carbonyl (C=O) groups excluding carboxylic acids is 1. The minimum atomic E-state index is -0.497. The summed E-state index contributed by atoms with van der Waals surface area (Å²) in [6.45, 7) is 5.10. The van der Waals surface area contributed by atoms with Gasteiger partial charge < -0.3 is 14.4 Å². The van der Waals surface area contributed by atoms with E-state index in [1.54, 1.807) is 11.3 Å². The normalized spacial score (nSPS) is 14.9. The Morgan fingerprint density at radius 2 is 1.83 bits per heavy atom. The highest BCUT2D eigenvalue weighted by atomic mass is 32.1. The molecule has 1 aliphatic rings. The number of aromatic nitrogens is 1. The summed E-state index contributed by atoms with van der Waals surface area (Å²) in [5.74, 6) is 1.64. The van der Waals surface area contributed by atoms with Crippen LogP contribution in [-0.4, -0.2) is 30.1 Å². The van der Waals surface area contributed by atoms with Gasteiger partial charge in [0.25, 0.3) is 5.91 Å². The van der Waals surface area contributed by atoms with E-state index in [1.807, 2.05) is 67.3 Å². The predicted molar refractivity (Wildman–Crippen MR) is 145 cm³/mol. The van der Waals surface area contributed by atoms with Crippen molar-refractivity contribution in [3.8, 4) is 22.8 Å². The van der Waals surface area contributed by atoms with Crippen LogP contribution in [0.25, 0.3) is 11.3 Å². The first-order valence-corrected chi connectivity index (χ1v) is 13.3. The standard InChI is InChI=1S/C30H30N2O3S/c1-21-10-6-7-13-27(21)34-17-9-8-16-32-26-19-24(14-15-28(26)35-22(2)30(32)33)25-20-36-29(31-25)18-23-11-4-3-5-12-23/h3-7,10-15,19-20,22H,8-9,16-18H2,1-2H3. The first kappa shape index (κ1) is 24.1. The number of rotatable bonds is 9. The Hall–Kier alpha value is -3.64. The van der Waals surface area contributed by atoms with Gasteiger partial charge in [-0.3, -0.25) is 4.79 Å². The number of para-hydroxylation sites is 1. The fourth-order valence-electron chi connectivity index (χ4n) is 4.36. The average Bonchev–Trinajstić information content (AvgIpc) is 3.36. The van der Waals surface area contributed by atoms with Crippen LogP contribution >= 0.6 is 11.3 Å². The molecule has 184 valence electrons. The molecule has 1 aliphatic heterocycles. The molecular formula is C30H30N2O3S. The van der Waals surface area contributed by atoms with Crippen LogP contribution < -0.4 is 14.4 Å². The van der Waals surface area contributed by atoms with Crippen molar-refractivity contribution >= 4 is 22.9 Å². The van der Waals surface area contributed by atoms with Crippen molar-refractivity contribution in [3.05, 3.63) is 94.3 Å². The summed E-state index contributed by atoms with van der Waals surface area (Å²) in [7, 11) is 0. The molecule has 6 heteroatoms. The number of nitrogens with zero attached hydrogens (tertiary/aromatic N) is 2. The van der Waals surface area contributed by atoms with Gasteiger partial charge in [-0.15, -0.1) is 11.3 Å². The van der Waals surface area contributed by atoms with Crippen molar-refractivity contribution in [1.82, 2.24) is 4.98 Å². The molecule has 0 N–H and O–H groups in total. The summed E-state index contributed by atoms with van der Waals surface area (Å²) >= 11 is 1.66. The molecule has 5 nitrogen and oxygen atoms in total. The number of carbonyl (C=O) groups is 1. The summed E-state index contributed by atoms with van der Waals surface area (Å²) < 4.78 is 11.8. The predicted octanol–water partition coefficient (Wildman–Crippen LogP) is 6.68. The zero-order chi connectivity index (χ0) is 24.9. The molecule has 0 fully saturated rings. The van der Waals surface area contributed by atoms with Crippen molar-refractivity contribution in [1.29, 1.82) is 0 Å². The smallest absolute Gasteiger partial charge is 0.267 e. The molecule has 1 aromatic heterocycles. The Kier molecular flexibility index (Phi) is 7.33. The number of aryl methyl sites for hydroxylation is 1. The third kappa shape index (κ3) is 5.44. The zero-order valence-electron chi connectivity index (χ0n) is 20.6. The second-order valence-electron chi connectivity index (χ2n) is 9.04. The summed E-state index contributed by atoms with van der Waals surface area (Å²) in [6, 6.07) is 24.4. The SMILES string of the molecule is Cc1ccccc1OCCCCN1C(=O)C(C)Oc2ccc(-c3csc(Cc4ccccc4)n3)cc21. The topological polar surface area (TPSA) is 51.7 Å². The second-order valence-corrected chi connectivity index (χ2v) is 9.99. The van der Waals surface area contributed by atoms with E-state index >= 15 is 0 Å². The van der Waals surface area contributed by atoms with Gasteiger partial charge in [0.05, 0.1) is 23.0 Å². The molecule has 0 saturated carbocycles. The van der Waals surface area contributed by atoms with Gasteiger partial charge in [-0.1, -0.05) is 48.5 Å². The van der Waals surface area contributed by atoms with E-state index in [9.17, 15) is 4.79 Å². The lowest BCUT2D eigenvalue weighted by Gasteiger charge is -2.33. The third-order valence-corrected chi connectivity index (χ3v) is 7.19.